The van der Waals surface area contributed by atoms with Crippen LogP contribution in [-0.4, -0.2) is 30.6 Å². The number of rotatable bonds is 3. The van der Waals surface area contributed by atoms with E-state index in [-0.39, 0.29) is 23.0 Å². The topological polar surface area (TPSA) is 130 Å². The number of nitrogens with zero attached hydrogens (tertiary/aromatic N) is 5. The molecular formula is C14H10N6O3. The first kappa shape index (κ1) is 14.3. The fraction of sp³-hybridized carbons (Fsp3) is 0. The van der Waals surface area contributed by atoms with Gasteiger partial charge < -0.3 is 5.73 Å². The fourth-order valence-electron chi connectivity index (χ4n) is 2.00. The van der Waals surface area contributed by atoms with E-state index in [1.807, 2.05) is 0 Å². The Kier molecular flexibility index (Phi) is 3.51. The lowest BCUT2D eigenvalue weighted by Gasteiger charge is -2.02. The number of nitro groups is 1. The maximum atomic E-state index is 12.5. The SMILES string of the molecule is Nc1nc(-c2ccccn2)nn1C(=O)c1ccccc1[N+](=O)[O-]. The lowest BCUT2D eigenvalue weighted by Crippen LogP contribution is -2.17. The number of benzene rings is 1. The van der Waals surface area contributed by atoms with Gasteiger partial charge in [-0.15, -0.1) is 5.10 Å². The van der Waals surface area contributed by atoms with Crippen LogP contribution >= 0.6 is 0 Å². The van der Waals surface area contributed by atoms with E-state index in [0.29, 0.717) is 5.69 Å². The Bertz CT molecular complexity index is 891. The van der Waals surface area contributed by atoms with Crippen LogP contribution in [0.25, 0.3) is 11.5 Å². The van der Waals surface area contributed by atoms with Crippen molar-refractivity contribution in [3.05, 3.63) is 64.3 Å². The van der Waals surface area contributed by atoms with Gasteiger partial charge in [0.25, 0.3) is 11.6 Å². The molecule has 23 heavy (non-hydrogen) atoms. The van der Waals surface area contributed by atoms with Crippen LogP contribution in [0.4, 0.5) is 11.6 Å². The molecule has 3 aromatic rings. The smallest absolute Gasteiger partial charge is 0.288 e. The van der Waals surface area contributed by atoms with Gasteiger partial charge in [-0.25, -0.2) is 0 Å². The van der Waals surface area contributed by atoms with E-state index in [2.05, 4.69) is 15.1 Å². The third kappa shape index (κ3) is 2.62. The van der Waals surface area contributed by atoms with Crippen molar-refractivity contribution in [2.45, 2.75) is 0 Å². The summed E-state index contributed by atoms with van der Waals surface area (Å²) in [4.78, 5) is 30.9. The van der Waals surface area contributed by atoms with E-state index in [1.165, 1.54) is 24.3 Å². The fourth-order valence-corrected chi connectivity index (χ4v) is 2.00. The van der Waals surface area contributed by atoms with Crippen LogP contribution in [0.2, 0.25) is 0 Å². The first-order valence-electron chi connectivity index (χ1n) is 6.50. The minimum absolute atomic E-state index is 0.123. The van der Waals surface area contributed by atoms with Gasteiger partial charge in [-0.3, -0.25) is 19.9 Å². The zero-order valence-corrected chi connectivity index (χ0v) is 11.7. The molecule has 0 radical (unpaired) electrons. The second-order valence-electron chi connectivity index (χ2n) is 4.50. The van der Waals surface area contributed by atoms with Crippen LogP contribution in [0.15, 0.2) is 48.7 Å². The van der Waals surface area contributed by atoms with Crippen molar-refractivity contribution in [1.82, 2.24) is 19.7 Å². The van der Waals surface area contributed by atoms with Crippen LogP contribution in [0, 0.1) is 10.1 Å². The molecule has 2 heterocycles. The molecule has 9 heteroatoms. The predicted octanol–water partition coefficient (Wildman–Crippen LogP) is 1.52. The molecule has 0 atom stereocenters. The zero-order valence-electron chi connectivity index (χ0n) is 11.7. The molecule has 114 valence electrons. The van der Waals surface area contributed by atoms with Crippen LogP contribution in [0.3, 0.4) is 0 Å². The van der Waals surface area contributed by atoms with Gasteiger partial charge in [0, 0.05) is 12.3 Å². The summed E-state index contributed by atoms with van der Waals surface area (Å²) in [5.41, 5.74) is 5.70. The number of pyridine rings is 1. The van der Waals surface area contributed by atoms with Crippen LogP contribution < -0.4 is 5.73 Å². The number of para-hydroxylation sites is 1. The average Bonchev–Trinajstić information content (AvgIpc) is 2.97. The molecule has 9 nitrogen and oxygen atoms in total. The number of aromatic nitrogens is 4. The van der Waals surface area contributed by atoms with E-state index < -0.39 is 10.8 Å². The highest BCUT2D eigenvalue weighted by molar-refractivity contribution is 6.00. The van der Waals surface area contributed by atoms with Crippen molar-refractivity contribution in [1.29, 1.82) is 0 Å². The number of carbonyl (C=O) groups is 1. The van der Waals surface area contributed by atoms with Crippen molar-refractivity contribution < 1.29 is 9.72 Å². The molecule has 0 fully saturated rings. The van der Waals surface area contributed by atoms with E-state index in [1.54, 1.807) is 24.4 Å². The summed E-state index contributed by atoms with van der Waals surface area (Å²) in [5, 5.41) is 15.0. The Hall–Kier alpha value is -3.62. The second kappa shape index (κ2) is 5.64. The Morgan fingerprint density at radius 1 is 1.17 bits per heavy atom. The third-order valence-electron chi connectivity index (χ3n) is 3.05. The van der Waals surface area contributed by atoms with Gasteiger partial charge >= 0.3 is 0 Å². The van der Waals surface area contributed by atoms with Crippen molar-refractivity contribution in [3.63, 3.8) is 0 Å². The maximum absolute atomic E-state index is 12.5. The number of hydrogen-bond acceptors (Lipinski definition) is 7. The van der Waals surface area contributed by atoms with E-state index >= 15 is 0 Å². The number of nitrogens with two attached hydrogens (primary N) is 1. The zero-order chi connectivity index (χ0) is 16.4. The van der Waals surface area contributed by atoms with Crippen molar-refractivity contribution in [3.8, 4) is 11.5 Å². The number of hydrogen-bond donors (Lipinski definition) is 1. The second-order valence-corrected chi connectivity index (χ2v) is 4.50. The monoisotopic (exact) mass is 310 g/mol. The number of nitrogen functional groups attached to an aromatic ring is 1. The van der Waals surface area contributed by atoms with Gasteiger partial charge in [0.2, 0.25) is 11.8 Å². The van der Waals surface area contributed by atoms with Crippen molar-refractivity contribution in [2.24, 2.45) is 0 Å². The molecule has 2 aromatic heterocycles. The van der Waals surface area contributed by atoms with E-state index in [4.69, 9.17) is 5.73 Å². The summed E-state index contributed by atoms with van der Waals surface area (Å²) < 4.78 is 0.826. The molecule has 0 bridgehead atoms. The quantitative estimate of drug-likeness (QED) is 0.573. The molecule has 0 aliphatic rings. The lowest BCUT2D eigenvalue weighted by atomic mass is 10.1. The highest BCUT2D eigenvalue weighted by Gasteiger charge is 2.24. The Labute approximate surface area is 129 Å². The van der Waals surface area contributed by atoms with Crippen LogP contribution in [0.5, 0.6) is 0 Å². The predicted molar refractivity (Wildman–Crippen MR) is 80.5 cm³/mol. The molecule has 0 amide bonds. The molecule has 0 aliphatic heterocycles. The van der Waals surface area contributed by atoms with Gasteiger partial charge in [0.15, 0.2) is 0 Å². The standard InChI is InChI=1S/C14H10N6O3/c15-14-17-12(10-6-3-4-8-16-10)18-19(14)13(21)9-5-1-2-7-11(9)20(22)23/h1-8H,(H2,15,17,18). The normalized spacial score (nSPS) is 10.4. The summed E-state index contributed by atoms with van der Waals surface area (Å²) in [7, 11) is 0. The minimum atomic E-state index is -0.732. The Morgan fingerprint density at radius 2 is 1.91 bits per heavy atom. The number of carbonyl (C=O) groups excluding carboxylic acids is 1. The highest BCUT2D eigenvalue weighted by atomic mass is 16.6. The molecule has 3 rings (SSSR count). The largest absolute Gasteiger partial charge is 0.368 e. The summed E-state index contributed by atoms with van der Waals surface area (Å²) >= 11 is 0. The summed E-state index contributed by atoms with van der Waals surface area (Å²) in [6.45, 7) is 0. The maximum Gasteiger partial charge on any atom is 0.288 e. The molecular weight excluding hydrogens is 300 g/mol. The van der Waals surface area contributed by atoms with Gasteiger partial charge in [-0.2, -0.15) is 9.67 Å². The van der Waals surface area contributed by atoms with Gasteiger partial charge in [-0.05, 0) is 18.2 Å². The first-order chi connectivity index (χ1) is 11.1. The van der Waals surface area contributed by atoms with Gasteiger partial charge in [0.05, 0.1) is 4.92 Å². The molecule has 2 N–H and O–H groups in total. The average molecular weight is 310 g/mol. The highest BCUT2D eigenvalue weighted by Crippen LogP contribution is 2.21. The Balaban J connectivity index is 2.05. The molecule has 1 aromatic carbocycles. The third-order valence-corrected chi connectivity index (χ3v) is 3.05. The minimum Gasteiger partial charge on any atom is -0.368 e. The summed E-state index contributed by atoms with van der Waals surface area (Å²) in [5.74, 6) is -0.742. The van der Waals surface area contributed by atoms with E-state index in [0.717, 1.165) is 4.68 Å². The lowest BCUT2D eigenvalue weighted by molar-refractivity contribution is -0.385. The van der Waals surface area contributed by atoms with Gasteiger partial charge in [-0.1, -0.05) is 18.2 Å². The van der Waals surface area contributed by atoms with Crippen LogP contribution in [0.1, 0.15) is 10.4 Å². The molecule has 0 unspecified atom stereocenters. The van der Waals surface area contributed by atoms with Crippen LogP contribution in [-0.2, 0) is 0 Å². The number of anilines is 1. The molecule has 0 aliphatic carbocycles. The summed E-state index contributed by atoms with van der Waals surface area (Å²) in [6.07, 6.45) is 1.55. The molecule has 0 saturated heterocycles. The summed E-state index contributed by atoms with van der Waals surface area (Å²) in [6, 6.07) is 10.7. The van der Waals surface area contributed by atoms with E-state index in [9.17, 15) is 14.9 Å². The van der Waals surface area contributed by atoms with Crippen molar-refractivity contribution in [2.75, 3.05) is 5.73 Å². The number of nitro benzene ring substituents is 1. The molecule has 0 spiro atoms. The first-order valence-corrected chi connectivity index (χ1v) is 6.50. The van der Waals surface area contributed by atoms with Gasteiger partial charge in [0.1, 0.15) is 11.3 Å². The molecule has 0 saturated carbocycles. The Morgan fingerprint density at radius 3 is 2.61 bits per heavy atom. The van der Waals surface area contributed by atoms with Crippen molar-refractivity contribution >= 4 is 17.5 Å².